The van der Waals surface area contributed by atoms with Gasteiger partial charge in [0.2, 0.25) is 5.95 Å². The van der Waals surface area contributed by atoms with Gasteiger partial charge in [0.05, 0.1) is 5.69 Å². The number of benzene rings is 1. The highest BCUT2D eigenvalue weighted by Crippen LogP contribution is 2.26. The molecule has 3 N–H and O–H groups in total. The number of aryl methyl sites for hydroxylation is 1. The minimum atomic E-state index is -4.30. The van der Waals surface area contributed by atoms with Gasteiger partial charge in [0, 0.05) is 10.7 Å². The molecule has 0 spiro atoms. The van der Waals surface area contributed by atoms with Gasteiger partial charge in [0.1, 0.15) is 10.0 Å². The van der Waals surface area contributed by atoms with Crippen LogP contribution in [0.2, 0.25) is 10.2 Å². The van der Waals surface area contributed by atoms with E-state index in [9.17, 15) is 12.8 Å². The van der Waals surface area contributed by atoms with Crippen molar-refractivity contribution in [3.05, 3.63) is 39.9 Å². The van der Waals surface area contributed by atoms with Crippen LogP contribution in [-0.4, -0.2) is 18.4 Å². The van der Waals surface area contributed by atoms with Crippen LogP contribution in [0.15, 0.2) is 23.1 Å². The van der Waals surface area contributed by atoms with E-state index >= 15 is 0 Å². The summed E-state index contributed by atoms with van der Waals surface area (Å²) in [5.74, 6) is -1.39. The Balaban J connectivity index is 2.48. The minimum absolute atomic E-state index is 0.0162. The molecule has 1 aromatic carbocycles. The summed E-state index contributed by atoms with van der Waals surface area (Å²) in [7, 11) is -4.30. The molecule has 1 heterocycles. The van der Waals surface area contributed by atoms with Crippen LogP contribution in [0.1, 0.15) is 5.69 Å². The number of nitrogens with two attached hydrogens (primary N) is 1. The van der Waals surface area contributed by atoms with Crippen molar-refractivity contribution in [1.82, 2.24) is 9.97 Å². The molecular formula is C11H9Cl2FN4O2S. The van der Waals surface area contributed by atoms with Crippen molar-refractivity contribution in [3.8, 4) is 0 Å². The molecule has 0 aliphatic rings. The number of rotatable bonds is 3. The van der Waals surface area contributed by atoms with Crippen molar-refractivity contribution in [2.75, 3.05) is 10.5 Å². The summed E-state index contributed by atoms with van der Waals surface area (Å²) < 4.78 is 40.2. The molecule has 6 nitrogen and oxygen atoms in total. The number of hydrogen-bond donors (Lipinski definition) is 2. The second kappa shape index (κ2) is 5.63. The summed E-state index contributed by atoms with van der Waals surface area (Å²) in [6.45, 7) is 1.60. The van der Waals surface area contributed by atoms with E-state index in [0.717, 1.165) is 12.1 Å². The molecule has 2 aromatic rings. The third-order valence-corrected chi connectivity index (χ3v) is 4.11. The molecule has 0 aliphatic heterocycles. The predicted molar refractivity (Wildman–Crippen MR) is 78.4 cm³/mol. The van der Waals surface area contributed by atoms with Gasteiger partial charge in [-0.3, -0.25) is 0 Å². The highest BCUT2D eigenvalue weighted by atomic mass is 35.5. The lowest BCUT2D eigenvalue weighted by Crippen LogP contribution is -2.17. The summed E-state index contributed by atoms with van der Waals surface area (Å²) in [5.41, 5.74) is 5.42. The van der Waals surface area contributed by atoms with Gasteiger partial charge in [-0.15, -0.1) is 0 Å². The molecule has 0 radical (unpaired) electrons. The van der Waals surface area contributed by atoms with E-state index < -0.39 is 20.7 Å². The Morgan fingerprint density at radius 2 is 1.90 bits per heavy atom. The van der Waals surface area contributed by atoms with Crippen LogP contribution in [0.3, 0.4) is 0 Å². The third kappa shape index (κ3) is 3.52. The van der Waals surface area contributed by atoms with Crippen molar-refractivity contribution >= 4 is 44.9 Å². The van der Waals surface area contributed by atoms with E-state index in [1.165, 1.54) is 6.07 Å². The van der Waals surface area contributed by atoms with E-state index in [-0.39, 0.29) is 21.8 Å². The summed E-state index contributed by atoms with van der Waals surface area (Å²) in [5, 5.41) is 0.0312. The number of nitrogens with one attached hydrogen (secondary N) is 1. The fourth-order valence-electron chi connectivity index (χ4n) is 1.53. The van der Waals surface area contributed by atoms with Crippen molar-refractivity contribution in [1.29, 1.82) is 0 Å². The lowest BCUT2D eigenvalue weighted by molar-refractivity contribution is 0.572. The SMILES string of the molecule is Cc1cc(Cl)nc(NS(=O)(=O)c2cc(Cl)cc(N)c2F)n1. The minimum Gasteiger partial charge on any atom is -0.396 e. The standard InChI is InChI=1S/C11H9Cl2FN4O2S/c1-5-2-9(13)17-11(16-5)18-21(19,20)8-4-6(12)3-7(15)10(8)14/h2-4H,15H2,1H3,(H,16,17,18). The number of anilines is 2. The Hall–Kier alpha value is -1.64. The number of halogens is 3. The van der Waals surface area contributed by atoms with Crippen LogP contribution >= 0.6 is 23.2 Å². The molecule has 10 heteroatoms. The first-order chi connectivity index (χ1) is 9.69. The van der Waals surface area contributed by atoms with Crippen molar-refractivity contribution in [2.45, 2.75) is 11.8 Å². The second-order valence-electron chi connectivity index (χ2n) is 4.07. The predicted octanol–water partition coefficient (Wildman–Crippen LogP) is 2.61. The summed E-state index contributed by atoms with van der Waals surface area (Å²) in [6.07, 6.45) is 0. The van der Waals surface area contributed by atoms with Crippen molar-refractivity contribution < 1.29 is 12.8 Å². The molecule has 0 aliphatic carbocycles. The molecule has 112 valence electrons. The van der Waals surface area contributed by atoms with Crippen molar-refractivity contribution in [2.24, 2.45) is 0 Å². The molecule has 0 amide bonds. The van der Waals surface area contributed by atoms with Gasteiger partial charge in [-0.05, 0) is 25.1 Å². The molecule has 0 unspecified atom stereocenters. The number of aromatic nitrogens is 2. The molecule has 0 fully saturated rings. The van der Waals surface area contributed by atoms with Crippen molar-refractivity contribution in [3.63, 3.8) is 0 Å². The van der Waals surface area contributed by atoms with E-state index in [2.05, 4.69) is 9.97 Å². The number of nitrogens with zero attached hydrogens (tertiary/aromatic N) is 2. The topological polar surface area (TPSA) is 98.0 Å². The summed E-state index contributed by atoms with van der Waals surface area (Å²) in [4.78, 5) is 6.84. The Labute approximate surface area is 130 Å². The first-order valence-electron chi connectivity index (χ1n) is 5.47. The Morgan fingerprint density at radius 1 is 1.24 bits per heavy atom. The maximum atomic E-state index is 13.9. The average molecular weight is 351 g/mol. The zero-order chi connectivity index (χ0) is 15.8. The fourth-order valence-corrected chi connectivity index (χ4v) is 3.14. The maximum absolute atomic E-state index is 13.9. The van der Waals surface area contributed by atoms with E-state index in [1.807, 2.05) is 4.72 Å². The van der Waals surface area contributed by atoms with Gasteiger partial charge >= 0.3 is 0 Å². The van der Waals surface area contributed by atoms with Gasteiger partial charge in [-0.1, -0.05) is 23.2 Å². The first-order valence-corrected chi connectivity index (χ1v) is 7.71. The van der Waals surface area contributed by atoms with E-state index in [4.69, 9.17) is 28.9 Å². The van der Waals surface area contributed by atoms with Gasteiger partial charge in [0.15, 0.2) is 5.82 Å². The fraction of sp³-hybridized carbons (Fsp3) is 0.0909. The maximum Gasteiger partial charge on any atom is 0.267 e. The molecule has 0 atom stereocenters. The Morgan fingerprint density at radius 3 is 2.52 bits per heavy atom. The Kier molecular flexibility index (Phi) is 4.22. The van der Waals surface area contributed by atoms with Crippen LogP contribution in [0.4, 0.5) is 16.0 Å². The number of hydrogen-bond acceptors (Lipinski definition) is 5. The molecule has 0 bridgehead atoms. The van der Waals surface area contributed by atoms with Crippen LogP contribution in [-0.2, 0) is 10.0 Å². The normalized spacial score (nSPS) is 11.4. The molecule has 0 saturated heterocycles. The molecule has 1 aromatic heterocycles. The Bertz CT molecular complexity index is 794. The molecular weight excluding hydrogens is 342 g/mol. The van der Waals surface area contributed by atoms with Gasteiger partial charge in [0.25, 0.3) is 10.0 Å². The average Bonchev–Trinajstić information content (AvgIpc) is 2.31. The van der Waals surface area contributed by atoms with Crippen LogP contribution in [0.25, 0.3) is 0 Å². The zero-order valence-corrected chi connectivity index (χ0v) is 12.9. The van der Waals surface area contributed by atoms with E-state index in [0.29, 0.717) is 5.69 Å². The highest BCUT2D eigenvalue weighted by molar-refractivity contribution is 7.92. The molecule has 21 heavy (non-hydrogen) atoms. The van der Waals surface area contributed by atoms with Gasteiger partial charge in [-0.25, -0.2) is 27.5 Å². The summed E-state index contributed by atoms with van der Waals surface area (Å²) >= 11 is 11.4. The van der Waals surface area contributed by atoms with Crippen LogP contribution < -0.4 is 10.5 Å². The number of nitrogen functional groups attached to an aromatic ring is 1. The van der Waals surface area contributed by atoms with Crippen LogP contribution in [0.5, 0.6) is 0 Å². The molecule has 2 rings (SSSR count). The molecule has 0 saturated carbocycles. The zero-order valence-electron chi connectivity index (χ0n) is 10.6. The van der Waals surface area contributed by atoms with E-state index in [1.54, 1.807) is 6.92 Å². The van der Waals surface area contributed by atoms with Gasteiger partial charge < -0.3 is 5.73 Å². The first kappa shape index (κ1) is 15.7. The monoisotopic (exact) mass is 350 g/mol. The lowest BCUT2D eigenvalue weighted by atomic mass is 10.3. The lowest BCUT2D eigenvalue weighted by Gasteiger charge is -2.10. The van der Waals surface area contributed by atoms with Crippen LogP contribution in [0, 0.1) is 12.7 Å². The number of sulfonamides is 1. The largest absolute Gasteiger partial charge is 0.396 e. The smallest absolute Gasteiger partial charge is 0.267 e. The highest BCUT2D eigenvalue weighted by Gasteiger charge is 2.23. The summed E-state index contributed by atoms with van der Waals surface area (Å²) in [6, 6.07) is 3.49. The third-order valence-electron chi connectivity index (χ3n) is 2.37. The van der Waals surface area contributed by atoms with Gasteiger partial charge in [-0.2, -0.15) is 0 Å². The second-order valence-corrected chi connectivity index (χ2v) is 6.54. The quantitative estimate of drug-likeness (QED) is 0.654.